The molecule has 3 heterocycles. The van der Waals surface area contributed by atoms with Gasteiger partial charge in [0.05, 0.1) is 17.4 Å². The number of nitrogens with zero attached hydrogens (tertiary/aromatic N) is 5. The van der Waals surface area contributed by atoms with E-state index in [4.69, 9.17) is 10.5 Å². The number of alkyl halides is 3. The van der Waals surface area contributed by atoms with Crippen molar-refractivity contribution in [1.29, 1.82) is 0 Å². The van der Waals surface area contributed by atoms with Crippen LogP contribution >= 0.6 is 0 Å². The molecule has 0 spiro atoms. The van der Waals surface area contributed by atoms with Crippen molar-refractivity contribution in [3.8, 4) is 17.0 Å². The molecule has 1 aliphatic rings. The molecule has 5 rings (SSSR count). The van der Waals surface area contributed by atoms with Crippen molar-refractivity contribution in [1.82, 2.24) is 24.6 Å². The molecule has 0 unspecified atom stereocenters. The van der Waals surface area contributed by atoms with Crippen LogP contribution < -0.4 is 15.8 Å². The van der Waals surface area contributed by atoms with Crippen LogP contribution in [0.3, 0.4) is 0 Å². The number of anilines is 2. The van der Waals surface area contributed by atoms with E-state index in [1.165, 1.54) is 24.5 Å². The van der Waals surface area contributed by atoms with Gasteiger partial charge >= 0.3 is 6.18 Å². The predicted octanol–water partition coefficient (Wildman–Crippen LogP) is 5.47. The molecule has 1 amide bonds. The lowest BCUT2D eigenvalue weighted by Gasteiger charge is -2.17. The van der Waals surface area contributed by atoms with Crippen LogP contribution in [-0.4, -0.2) is 56.8 Å². The van der Waals surface area contributed by atoms with Gasteiger partial charge in [0, 0.05) is 29.9 Å². The lowest BCUT2D eigenvalue weighted by atomic mass is 10.0. The third-order valence-electron chi connectivity index (χ3n) is 7.08. The zero-order valence-electron chi connectivity index (χ0n) is 23.2. The minimum atomic E-state index is -4.64. The van der Waals surface area contributed by atoms with Crippen molar-refractivity contribution < 1.29 is 27.1 Å². The first-order valence-electron chi connectivity index (χ1n) is 13.6. The van der Waals surface area contributed by atoms with Gasteiger partial charge < -0.3 is 15.8 Å². The SMILES string of the molecule is CC(C)n1nc(-c2ccc(CC(=O)Nc3cc(OCCN4CCCC4)cc(C(F)(F)F)c3)c(F)c2)c2c(N)ncnc21. The second-order valence-electron chi connectivity index (χ2n) is 10.5. The molecule has 2 aromatic carbocycles. The average Bonchev–Trinajstić information content (AvgIpc) is 3.58. The number of hydrogen-bond donors (Lipinski definition) is 2. The molecule has 4 aromatic rings. The van der Waals surface area contributed by atoms with Crippen LogP contribution in [0.25, 0.3) is 22.3 Å². The summed E-state index contributed by atoms with van der Waals surface area (Å²) in [7, 11) is 0. The molecule has 222 valence electrons. The van der Waals surface area contributed by atoms with Gasteiger partial charge in [-0.1, -0.05) is 12.1 Å². The number of ether oxygens (including phenoxy) is 1. The van der Waals surface area contributed by atoms with Gasteiger partial charge in [-0.25, -0.2) is 19.0 Å². The summed E-state index contributed by atoms with van der Waals surface area (Å²) < 4.78 is 63.1. The van der Waals surface area contributed by atoms with E-state index in [1.807, 2.05) is 13.8 Å². The maximum atomic E-state index is 15.2. The highest BCUT2D eigenvalue weighted by Crippen LogP contribution is 2.35. The number of amides is 1. The van der Waals surface area contributed by atoms with Gasteiger partial charge in [0.15, 0.2) is 5.65 Å². The first-order valence-corrected chi connectivity index (χ1v) is 13.6. The van der Waals surface area contributed by atoms with E-state index in [0.717, 1.165) is 38.1 Å². The molecule has 3 N–H and O–H groups in total. The summed E-state index contributed by atoms with van der Waals surface area (Å²) >= 11 is 0. The molecule has 0 bridgehead atoms. The number of nitrogens with one attached hydrogen (secondary N) is 1. The Morgan fingerprint density at radius 1 is 1.12 bits per heavy atom. The summed E-state index contributed by atoms with van der Waals surface area (Å²) in [5, 5.41) is 7.51. The number of hydrogen-bond acceptors (Lipinski definition) is 7. The Morgan fingerprint density at radius 2 is 1.88 bits per heavy atom. The van der Waals surface area contributed by atoms with Gasteiger partial charge in [0.1, 0.15) is 36.0 Å². The van der Waals surface area contributed by atoms with Crippen LogP contribution in [0.1, 0.15) is 43.9 Å². The third kappa shape index (κ3) is 6.46. The molecule has 1 aliphatic heterocycles. The lowest BCUT2D eigenvalue weighted by molar-refractivity contribution is -0.137. The van der Waals surface area contributed by atoms with Crippen LogP contribution in [0.15, 0.2) is 42.7 Å². The standard InChI is InChI=1S/C29H31F4N7O2/c1-17(2)40-28-25(27(34)35-16-36-28)26(38-40)19-6-5-18(23(30)11-19)12-24(41)37-21-13-20(29(31,32)33)14-22(15-21)42-10-9-39-7-3-4-8-39/h5-6,11,13-17H,3-4,7-10,12H2,1-2H3,(H,37,41)(H2,34,35,36). The number of nitrogens with two attached hydrogens (primary N) is 1. The lowest BCUT2D eigenvalue weighted by Crippen LogP contribution is -2.25. The Balaban J connectivity index is 1.32. The van der Waals surface area contributed by atoms with Crippen molar-refractivity contribution in [3.05, 3.63) is 59.7 Å². The Bertz CT molecular complexity index is 1600. The fourth-order valence-corrected chi connectivity index (χ4v) is 4.99. The summed E-state index contributed by atoms with van der Waals surface area (Å²) in [6.45, 7) is 6.53. The summed E-state index contributed by atoms with van der Waals surface area (Å²) in [6.07, 6.45) is -1.53. The maximum absolute atomic E-state index is 15.2. The number of nitrogen functional groups attached to an aromatic ring is 1. The van der Waals surface area contributed by atoms with Gasteiger partial charge in [-0.3, -0.25) is 9.69 Å². The number of halogens is 4. The van der Waals surface area contributed by atoms with Gasteiger partial charge in [-0.05, 0) is 63.5 Å². The normalized spacial score (nSPS) is 14.2. The fraction of sp³-hybridized carbons (Fsp3) is 0.379. The monoisotopic (exact) mass is 585 g/mol. The number of aromatic nitrogens is 4. The van der Waals surface area contributed by atoms with E-state index < -0.39 is 29.9 Å². The largest absolute Gasteiger partial charge is 0.492 e. The summed E-state index contributed by atoms with van der Waals surface area (Å²) in [5.74, 6) is -1.17. The third-order valence-corrected chi connectivity index (χ3v) is 7.08. The highest BCUT2D eigenvalue weighted by molar-refractivity contribution is 5.98. The predicted molar refractivity (Wildman–Crippen MR) is 150 cm³/mol. The van der Waals surface area contributed by atoms with Gasteiger partial charge in [0.2, 0.25) is 5.91 Å². The highest BCUT2D eigenvalue weighted by Gasteiger charge is 2.32. The molecule has 0 aliphatic carbocycles. The molecule has 1 saturated heterocycles. The highest BCUT2D eigenvalue weighted by atomic mass is 19.4. The Kier molecular flexibility index (Phi) is 8.30. The van der Waals surface area contributed by atoms with E-state index in [1.54, 1.807) is 10.7 Å². The number of rotatable bonds is 9. The van der Waals surface area contributed by atoms with E-state index in [0.29, 0.717) is 28.8 Å². The van der Waals surface area contributed by atoms with Crippen LogP contribution in [0.5, 0.6) is 5.75 Å². The zero-order valence-corrected chi connectivity index (χ0v) is 23.2. The molecular weight excluding hydrogens is 554 g/mol. The number of carbonyl (C=O) groups excluding carboxylic acids is 1. The van der Waals surface area contributed by atoms with Crippen molar-refractivity contribution in [2.45, 2.75) is 45.3 Å². The van der Waals surface area contributed by atoms with E-state index in [2.05, 4.69) is 25.3 Å². The van der Waals surface area contributed by atoms with E-state index in [9.17, 15) is 18.0 Å². The van der Waals surface area contributed by atoms with Crippen molar-refractivity contribution >= 4 is 28.4 Å². The fourth-order valence-electron chi connectivity index (χ4n) is 4.99. The van der Waals surface area contributed by atoms with Crippen molar-refractivity contribution in [2.75, 3.05) is 37.3 Å². The minimum Gasteiger partial charge on any atom is -0.492 e. The van der Waals surface area contributed by atoms with E-state index in [-0.39, 0.29) is 35.5 Å². The summed E-state index contributed by atoms with van der Waals surface area (Å²) in [6, 6.07) is 7.28. The minimum absolute atomic E-state index is 0.00818. The van der Waals surface area contributed by atoms with Crippen LogP contribution in [-0.2, 0) is 17.4 Å². The van der Waals surface area contributed by atoms with Crippen molar-refractivity contribution in [3.63, 3.8) is 0 Å². The Labute approximate surface area is 239 Å². The second-order valence-corrected chi connectivity index (χ2v) is 10.5. The van der Waals surface area contributed by atoms with Crippen LogP contribution in [0.2, 0.25) is 0 Å². The van der Waals surface area contributed by atoms with Gasteiger partial charge in [0.25, 0.3) is 0 Å². The summed E-state index contributed by atoms with van der Waals surface area (Å²) in [4.78, 5) is 23.3. The molecule has 13 heteroatoms. The van der Waals surface area contributed by atoms with Crippen LogP contribution in [0, 0.1) is 5.82 Å². The molecule has 0 atom stereocenters. The number of likely N-dealkylation sites (tertiary alicyclic amines) is 1. The molecule has 42 heavy (non-hydrogen) atoms. The Hall–Kier alpha value is -4.26. The van der Waals surface area contributed by atoms with Crippen LogP contribution in [0.4, 0.5) is 29.1 Å². The average molecular weight is 586 g/mol. The first-order chi connectivity index (χ1) is 20.0. The number of fused-ring (bicyclic) bond motifs is 1. The Morgan fingerprint density at radius 3 is 2.57 bits per heavy atom. The molecule has 9 nitrogen and oxygen atoms in total. The zero-order chi connectivity index (χ0) is 30.0. The first kappa shape index (κ1) is 29.2. The van der Waals surface area contributed by atoms with E-state index >= 15 is 4.39 Å². The molecular formula is C29H31F4N7O2. The van der Waals surface area contributed by atoms with Gasteiger partial charge in [-0.15, -0.1) is 0 Å². The second kappa shape index (κ2) is 11.9. The molecule has 0 radical (unpaired) electrons. The molecule has 2 aromatic heterocycles. The topological polar surface area (TPSA) is 111 Å². The maximum Gasteiger partial charge on any atom is 0.416 e. The quantitative estimate of drug-likeness (QED) is 0.251. The van der Waals surface area contributed by atoms with Crippen molar-refractivity contribution in [2.24, 2.45) is 0 Å². The smallest absolute Gasteiger partial charge is 0.416 e. The number of carbonyl (C=O) groups is 1. The van der Waals surface area contributed by atoms with Gasteiger partial charge in [-0.2, -0.15) is 18.3 Å². The summed E-state index contributed by atoms with van der Waals surface area (Å²) in [5.41, 5.74) is 6.42. The number of benzene rings is 2. The molecule has 0 saturated carbocycles. The molecule has 1 fully saturated rings.